The Labute approximate surface area is 156 Å². The maximum atomic E-state index is 12.6. The van der Waals surface area contributed by atoms with Crippen LogP contribution in [0.15, 0.2) is 0 Å². The fourth-order valence-electron chi connectivity index (χ4n) is 4.35. The second-order valence-corrected chi connectivity index (χ2v) is 7.51. The molecule has 3 saturated heterocycles. The van der Waals surface area contributed by atoms with E-state index >= 15 is 0 Å². The van der Waals surface area contributed by atoms with Gasteiger partial charge in [-0.15, -0.1) is 0 Å². The minimum absolute atomic E-state index is 0.152. The molecule has 3 aliphatic heterocycles. The van der Waals surface area contributed by atoms with Crippen molar-refractivity contribution in [3.63, 3.8) is 0 Å². The lowest BCUT2D eigenvalue weighted by Crippen LogP contribution is -2.60. The molecular formula is C19H33N3O4. The topological polar surface area (TPSA) is 81.2 Å². The Kier molecular flexibility index (Phi) is 8.35. The zero-order valence-electron chi connectivity index (χ0n) is 15.9. The number of carboxylic acid groups (broad SMARTS) is 1. The molecule has 2 amide bonds. The number of carbonyl (C=O) groups is 3. The van der Waals surface area contributed by atoms with Crippen LogP contribution < -0.4 is 0 Å². The van der Waals surface area contributed by atoms with E-state index in [0.717, 1.165) is 38.9 Å². The van der Waals surface area contributed by atoms with Gasteiger partial charge in [0.05, 0.1) is 0 Å². The van der Waals surface area contributed by atoms with Crippen molar-refractivity contribution in [1.82, 2.24) is 14.7 Å². The second kappa shape index (κ2) is 10.5. The lowest BCUT2D eigenvalue weighted by atomic mass is 10.1. The van der Waals surface area contributed by atoms with E-state index in [9.17, 15) is 9.59 Å². The Hall–Kier alpha value is -1.63. The number of carbonyl (C=O) groups excluding carboxylic acids is 2. The molecule has 0 aromatic heterocycles. The van der Waals surface area contributed by atoms with Crippen LogP contribution in [0, 0.1) is 0 Å². The summed E-state index contributed by atoms with van der Waals surface area (Å²) in [5.41, 5.74) is 0. The molecule has 148 valence electrons. The van der Waals surface area contributed by atoms with Gasteiger partial charge in [-0.25, -0.2) is 0 Å². The molecule has 3 heterocycles. The first-order chi connectivity index (χ1) is 12.6. The summed E-state index contributed by atoms with van der Waals surface area (Å²) in [6.07, 6.45) is 8.93. The summed E-state index contributed by atoms with van der Waals surface area (Å²) in [5, 5.41) is 6.89. The highest BCUT2D eigenvalue weighted by Crippen LogP contribution is 2.26. The van der Waals surface area contributed by atoms with Gasteiger partial charge in [-0.05, 0) is 58.7 Å². The third kappa shape index (κ3) is 5.43. The molecular weight excluding hydrogens is 334 g/mol. The normalized spacial score (nSPS) is 26.6. The average molecular weight is 367 g/mol. The summed E-state index contributed by atoms with van der Waals surface area (Å²) in [6, 6.07) is 0.00305. The van der Waals surface area contributed by atoms with Gasteiger partial charge in [0, 0.05) is 25.6 Å². The van der Waals surface area contributed by atoms with E-state index in [1.807, 2.05) is 16.7 Å². The predicted molar refractivity (Wildman–Crippen MR) is 98.7 cm³/mol. The highest BCUT2D eigenvalue weighted by atomic mass is 16.3. The molecule has 0 aromatic carbocycles. The molecule has 0 radical (unpaired) electrons. The Morgan fingerprint density at radius 3 is 2.46 bits per heavy atom. The number of rotatable bonds is 4. The molecule has 3 rings (SSSR count). The van der Waals surface area contributed by atoms with Crippen LogP contribution in [0.5, 0.6) is 0 Å². The monoisotopic (exact) mass is 367 g/mol. The Balaban J connectivity index is 0.000000758. The van der Waals surface area contributed by atoms with Crippen LogP contribution in [0.2, 0.25) is 0 Å². The quantitative estimate of drug-likeness (QED) is 0.763. The standard InChI is InChI=1S/C18H31N3O2.CH2O2/c1-15-18(23)20-13-6-8-16(20)14-21(15)17(22)9-7-12-19-10-4-2-3-5-11-19;2-1-3/h15-16H,2-14H2,1H3;1H,(H,2,3)/t15-,16+;/m1./s1. The molecule has 0 spiro atoms. The van der Waals surface area contributed by atoms with Gasteiger partial charge in [-0.3, -0.25) is 14.4 Å². The number of likely N-dealkylation sites (tertiary alicyclic amines) is 1. The number of hydrogen-bond donors (Lipinski definition) is 1. The van der Waals surface area contributed by atoms with Crippen LogP contribution in [-0.2, 0) is 14.4 Å². The molecule has 3 fully saturated rings. The average Bonchev–Trinajstić information content (AvgIpc) is 2.94. The summed E-state index contributed by atoms with van der Waals surface area (Å²) in [7, 11) is 0. The third-order valence-corrected chi connectivity index (χ3v) is 5.78. The molecule has 0 unspecified atom stereocenters. The maximum Gasteiger partial charge on any atom is 0.290 e. The molecule has 0 aliphatic carbocycles. The minimum atomic E-state index is -0.268. The summed E-state index contributed by atoms with van der Waals surface area (Å²) in [4.78, 5) is 39.7. The number of piperazine rings is 1. The van der Waals surface area contributed by atoms with Crippen molar-refractivity contribution in [2.24, 2.45) is 0 Å². The SMILES string of the molecule is C[C@@H]1C(=O)N2CCC[C@H]2CN1C(=O)CCCN1CCCCCC1.O=CO. The van der Waals surface area contributed by atoms with Gasteiger partial charge in [-0.1, -0.05) is 12.8 Å². The van der Waals surface area contributed by atoms with Crippen LogP contribution >= 0.6 is 0 Å². The lowest BCUT2D eigenvalue weighted by Gasteiger charge is -2.41. The highest BCUT2D eigenvalue weighted by molar-refractivity contribution is 5.89. The number of amides is 2. The van der Waals surface area contributed by atoms with Crippen LogP contribution in [0.25, 0.3) is 0 Å². The Morgan fingerprint density at radius 1 is 1.15 bits per heavy atom. The largest absolute Gasteiger partial charge is 0.483 e. The molecule has 1 N–H and O–H groups in total. The van der Waals surface area contributed by atoms with Crippen molar-refractivity contribution in [3.05, 3.63) is 0 Å². The van der Waals surface area contributed by atoms with Crippen molar-refractivity contribution < 1.29 is 19.5 Å². The van der Waals surface area contributed by atoms with E-state index in [2.05, 4.69) is 4.90 Å². The first-order valence-electron chi connectivity index (χ1n) is 9.98. The molecule has 7 nitrogen and oxygen atoms in total. The third-order valence-electron chi connectivity index (χ3n) is 5.78. The molecule has 26 heavy (non-hydrogen) atoms. The Bertz CT molecular complexity index is 477. The molecule has 3 aliphatic rings. The van der Waals surface area contributed by atoms with Crippen molar-refractivity contribution in [1.29, 1.82) is 0 Å². The van der Waals surface area contributed by atoms with Crippen LogP contribution in [0.1, 0.15) is 58.3 Å². The Morgan fingerprint density at radius 2 is 1.81 bits per heavy atom. The summed E-state index contributed by atoms with van der Waals surface area (Å²) < 4.78 is 0. The number of fused-ring (bicyclic) bond motifs is 1. The van der Waals surface area contributed by atoms with Gasteiger partial charge >= 0.3 is 0 Å². The number of hydrogen-bond acceptors (Lipinski definition) is 4. The van der Waals surface area contributed by atoms with E-state index in [1.54, 1.807) is 0 Å². The first-order valence-corrected chi connectivity index (χ1v) is 9.98. The smallest absolute Gasteiger partial charge is 0.290 e. The van der Waals surface area contributed by atoms with E-state index in [0.29, 0.717) is 6.42 Å². The van der Waals surface area contributed by atoms with E-state index in [1.165, 1.54) is 38.8 Å². The van der Waals surface area contributed by atoms with Gasteiger partial charge in [0.1, 0.15) is 6.04 Å². The predicted octanol–water partition coefficient (Wildman–Crippen LogP) is 1.57. The minimum Gasteiger partial charge on any atom is -0.483 e. The van der Waals surface area contributed by atoms with E-state index in [-0.39, 0.29) is 30.4 Å². The summed E-state index contributed by atoms with van der Waals surface area (Å²) >= 11 is 0. The number of nitrogens with zero attached hydrogens (tertiary/aromatic N) is 3. The van der Waals surface area contributed by atoms with E-state index in [4.69, 9.17) is 9.90 Å². The van der Waals surface area contributed by atoms with Crippen LogP contribution in [-0.4, -0.2) is 82.9 Å². The molecule has 2 atom stereocenters. The molecule has 7 heteroatoms. The second-order valence-electron chi connectivity index (χ2n) is 7.51. The van der Waals surface area contributed by atoms with Crippen molar-refractivity contribution in [2.45, 2.75) is 70.4 Å². The van der Waals surface area contributed by atoms with Crippen molar-refractivity contribution in [2.75, 3.05) is 32.7 Å². The highest BCUT2D eigenvalue weighted by Gasteiger charge is 2.41. The van der Waals surface area contributed by atoms with Crippen LogP contribution in [0.3, 0.4) is 0 Å². The lowest BCUT2D eigenvalue weighted by molar-refractivity contribution is -0.152. The van der Waals surface area contributed by atoms with Gasteiger partial charge in [0.2, 0.25) is 11.8 Å². The van der Waals surface area contributed by atoms with Crippen molar-refractivity contribution in [3.8, 4) is 0 Å². The van der Waals surface area contributed by atoms with Gasteiger partial charge in [-0.2, -0.15) is 0 Å². The molecule has 0 bridgehead atoms. The summed E-state index contributed by atoms with van der Waals surface area (Å²) in [5.74, 6) is 0.326. The molecule has 0 aromatic rings. The fourth-order valence-corrected chi connectivity index (χ4v) is 4.35. The van der Waals surface area contributed by atoms with E-state index < -0.39 is 0 Å². The van der Waals surface area contributed by atoms with Crippen LogP contribution in [0.4, 0.5) is 0 Å². The summed E-state index contributed by atoms with van der Waals surface area (Å²) in [6.45, 7) is 6.66. The van der Waals surface area contributed by atoms with Gasteiger partial charge < -0.3 is 19.8 Å². The van der Waals surface area contributed by atoms with Crippen molar-refractivity contribution >= 4 is 18.3 Å². The van der Waals surface area contributed by atoms with Gasteiger partial charge in [0.15, 0.2) is 0 Å². The zero-order valence-corrected chi connectivity index (χ0v) is 15.9. The fraction of sp³-hybridized carbons (Fsp3) is 0.842. The first kappa shape index (κ1) is 20.7. The van der Waals surface area contributed by atoms with Gasteiger partial charge in [0.25, 0.3) is 6.47 Å². The zero-order chi connectivity index (χ0) is 18.9. The maximum absolute atomic E-state index is 12.6. The molecule has 0 saturated carbocycles.